The van der Waals surface area contributed by atoms with Gasteiger partial charge in [-0.25, -0.2) is 0 Å². The first-order chi connectivity index (χ1) is 8.11. The highest BCUT2D eigenvalue weighted by atomic mass is 16.1. The van der Waals surface area contributed by atoms with E-state index < -0.39 is 0 Å². The van der Waals surface area contributed by atoms with Crippen molar-refractivity contribution in [3.8, 4) is 0 Å². The summed E-state index contributed by atoms with van der Waals surface area (Å²) in [5.41, 5.74) is 3.02. The summed E-state index contributed by atoms with van der Waals surface area (Å²) in [6.07, 6.45) is 3.56. The summed E-state index contributed by atoms with van der Waals surface area (Å²) < 4.78 is 0. The molecule has 1 aliphatic carbocycles. The van der Waals surface area contributed by atoms with Crippen molar-refractivity contribution in [3.05, 3.63) is 35.9 Å². The lowest BCUT2D eigenvalue weighted by Gasteiger charge is -2.10. The molecule has 0 aliphatic heterocycles. The average Bonchev–Trinajstić information content (AvgIpc) is 2.71. The average molecular weight is 231 g/mol. The molecule has 0 aromatic carbocycles. The number of nitrogens with one attached hydrogen (secondary N) is 2. The normalized spacial score (nSPS) is 17.4. The number of hydrogen-bond donors (Lipinski definition) is 2. The van der Waals surface area contributed by atoms with E-state index in [1.807, 2.05) is 13.1 Å². The molecule has 4 nitrogen and oxygen atoms in total. The van der Waals surface area contributed by atoms with Crippen molar-refractivity contribution in [1.82, 2.24) is 10.3 Å². The van der Waals surface area contributed by atoms with Crippen LogP contribution in [0.4, 0.5) is 5.69 Å². The Kier molecular flexibility index (Phi) is 3.13. The summed E-state index contributed by atoms with van der Waals surface area (Å²) in [6.45, 7) is 5.44. The molecule has 17 heavy (non-hydrogen) atoms. The van der Waals surface area contributed by atoms with E-state index in [1.165, 1.54) is 5.56 Å². The van der Waals surface area contributed by atoms with Gasteiger partial charge in [-0.1, -0.05) is 6.58 Å². The van der Waals surface area contributed by atoms with Crippen LogP contribution < -0.4 is 10.6 Å². The van der Waals surface area contributed by atoms with Crippen LogP contribution in [-0.4, -0.2) is 17.8 Å². The number of carbonyl (C=O) groups is 1. The van der Waals surface area contributed by atoms with Crippen LogP contribution in [0.2, 0.25) is 0 Å². The topological polar surface area (TPSA) is 54.0 Å². The van der Waals surface area contributed by atoms with Gasteiger partial charge in [-0.15, -0.1) is 0 Å². The number of fused-ring (bicyclic) bond motifs is 1. The van der Waals surface area contributed by atoms with Crippen LogP contribution in [-0.2, 0) is 11.2 Å². The maximum absolute atomic E-state index is 11.4. The standard InChI is InChI=1S/C13H17N3O/c1-8(17)12-5-4-10-6-11(7-15-13(10)12)16-9(2)14-3/h6-7,12,14,16H,2,4-5H2,1,3H3/t12-/m1/s1. The first-order valence-electron chi connectivity index (χ1n) is 5.74. The Hall–Kier alpha value is -1.84. The van der Waals surface area contributed by atoms with Gasteiger partial charge in [0.1, 0.15) is 5.78 Å². The van der Waals surface area contributed by atoms with Crippen LogP contribution in [0.1, 0.15) is 30.5 Å². The summed E-state index contributed by atoms with van der Waals surface area (Å²) in [4.78, 5) is 15.8. The minimum absolute atomic E-state index is 0.00782. The van der Waals surface area contributed by atoms with Gasteiger partial charge in [0.05, 0.1) is 29.3 Å². The SMILES string of the molecule is C=C(NC)Nc1cnc2c(c1)CC[C@@H]2C(C)=O. The van der Waals surface area contributed by atoms with Gasteiger partial charge in [-0.2, -0.15) is 0 Å². The highest BCUT2D eigenvalue weighted by Gasteiger charge is 2.27. The van der Waals surface area contributed by atoms with Gasteiger partial charge in [-0.05, 0) is 31.4 Å². The molecule has 2 rings (SSSR count). The molecule has 2 N–H and O–H groups in total. The quantitative estimate of drug-likeness (QED) is 0.829. The van der Waals surface area contributed by atoms with Crippen LogP contribution in [0, 0.1) is 0 Å². The van der Waals surface area contributed by atoms with Crippen LogP contribution in [0.5, 0.6) is 0 Å². The third kappa shape index (κ3) is 2.30. The highest BCUT2D eigenvalue weighted by Crippen LogP contribution is 2.33. The lowest BCUT2D eigenvalue weighted by molar-refractivity contribution is -0.118. The maximum atomic E-state index is 11.4. The first kappa shape index (κ1) is 11.6. The molecule has 0 saturated heterocycles. The summed E-state index contributed by atoms with van der Waals surface area (Å²) in [5.74, 6) is 0.927. The summed E-state index contributed by atoms with van der Waals surface area (Å²) in [7, 11) is 1.81. The number of aryl methyl sites for hydroxylation is 1. The largest absolute Gasteiger partial charge is 0.375 e. The van der Waals surface area contributed by atoms with Crippen molar-refractivity contribution in [2.45, 2.75) is 25.7 Å². The summed E-state index contributed by atoms with van der Waals surface area (Å²) >= 11 is 0. The zero-order valence-electron chi connectivity index (χ0n) is 10.2. The molecule has 0 bridgehead atoms. The van der Waals surface area contributed by atoms with E-state index in [0.29, 0.717) is 0 Å². The molecule has 1 atom stereocenters. The Morgan fingerprint density at radius 2 is 2.35 bits per heavy atom. The molecule has 0 radical (unpaired) electrons. The van der Waals surface area contributed by atoms with E-state index in [0.717, 1.165) is 30.0 Å². The fraction of sp³-hybridized carbons (Fsp3) is 0.385. The second-order valence-electron chi connectivity index (χ2n) is 4.32. The van der Waals surface area contributed by atoms with Gasteiger partial charge in [0.25, 0.3) is 0 Å². The third-order valence-electron chi connectivity index (χ3n) is 3.12. The molecule has 4 heteroatoms. The number of hydrogen-bond acceptors (Lipinski definition) is 4. The molecule has 1 heterocycles. The predicted octanol–water partition coefficient (Wildman–Crippen LogP) is 1.80. The number of pyridine rings is 1. The Morgan fingerprint density at radius 3 is 3.00 bits per heavy atom. The molecule has 0 spiro atoms. The van der Waals surface area contributed by atoms with E-state index in [2.05, 4.69) is 22.2 Å². The fourth-order valence-corrected chi connectivity index (χ4v) is 2.17. The minimum Gasteiger partial charge on any atom is -0.375 e. The van der Waals surface area contributed by atoms with E-state index in [9.17, 15) is 4.79 Å². The second kappa shape index (κ2) is 4.57. The Balaban J connectivity index is 2.22. The number of carbonyl (C=O) groups excluding carboxylic acids is 1. The fourth-order valence-electron chi connectivity index (χ4n) is 2.17. The Morgan fingerprint density at radius 1 is 1.59 bits per heavy atom. The lowest BCUT2D eigenvalue weighted by atomic mass is 10.0. The lowest BCUT2D eigenvalue weighted by Crippen LogP contribution is -2.13. The Bertz CT molecular complexity index is 468. The molecule has 0 amide bonds. The number of anilines is 1. The van der Waals surface area contributed by atoms with Crippen molar-refractivity contribution in [1.29, 1.82) is 0 Å². The van der Waals surface area contributed by atoms with Crippen molar-refractivity contribution in [2.24, 2.45) is 0 Å². The molecule has 0 fully saturated rings. The number of rotatable bonds is 4. The molecular formula is C13H17N3O. The monoisotopic (exact) mass is 231 g/mol. The van der Waals surface area contributed by atoms with Gasteiger partial charge >= 0.3 is 0 Å². The van der Waals surface area contributed by atoms with Crippen LogP contribution in [0.3, 0.4) is 0 Å². The van der Waals surface area contributed by atoms with Gasteiger partial charge in [0.15, 0.2) is 0 Å². The van der Waals surface area contributed by atoms with E-state index in [-0.39, 0.29) is 11.7 Å². The number of aromatic nitrogens is 1. The van der Waals surface area contributed by atoms with Gasteiger partial charge in [-0.3, -0.25) is 9.78 Å². The highest BCUT2D eigenvalue weighted by molar-refractivity contribution is 5.84. The smallest absolute Gasteiger partial charge is 0.138 e. The van der Waals surface area contributed by atoms with Crippen LogP contribution >= 0.6 is 0 Å². The van der Waals surface area contributed by atoms with Crippen molar-refractivity contribution < 1.29 is 4.79 Å². The first-order valence-corrected chi connectivity index (χ1v) is 5.74. The van der Waals surface area contributed by atoms with Crippen molar-refractivity contribution in [2.75, 3.05) is 12.4 Å². The molecule has 1 aliphatic rings. The third-order valence-corrected chi connectivity index (χ3v) is 3.12. The number of Topliss-reactive ketones (excluding diaryl/α,β-unsaturated/α-hetero) is 1. The molecule has 0 unspecified atom stereocenters. The van der Waals surface area contributed by atoms with Crippen LogP contribution in [0.25, 0.3) is 0 Å². The van der Waals surface area contributed by atoms with E-state index >= 15 is 0 Å². The number of ketones is 1. The summed E-state index contributed by atoms with van der Waals surface area (Å²) in [6, 6.07) is 2.05. The van der Waals surface area contributed by atoms with Gasteiger partial charge < -0.3 is 10.6 Å². The minimum atomic E-state index is -0.00782. The Labute approximate surface area is 101 Å². The molecule has 90 valence electrons. The predicted molar refractivity (Wildman–Crippen MR) is 67.8 cm³/mol. The molecule has 1 aromatic heterocycles. The zero-order chi connectivity index (χ0) is 12.4. The zero-order valence-corrected chi connectivity index (χ0v) is 10.2. The van der Waals surface area contributed by atoms with Crippen LogP contribution in [0.15, 0.2) is 24.7 Å². The maximum Gasteiger partial charge on any atom is 0.138 e. The molecule has 0 saturated carbocycles. The van der Waals surface area contributed by atoms with E-state index in [4.69, 9.17) is 0 Å². The number of nitrogens with zero attached hydrogens (tertiary/aromatic N) is 1. The van der Waals surface area contributed by atoms with Crippen molar-refractivity contribution in [3.63, 3.8) is 0 Å². The van der Waals surface area contributed by atoms with Gasteiger partial charge in [0, 0.05) is 7.05 Å². The molecular weight excluding hydrogens is 214 g/mol. The van der Waals surface area contributed by atoms with Crippen molar-refractivity contribution >= 4 is 11.5 Å². The molecule has 1 aromatic rings. The van der Waals surface area contributed by atoms with Gasteiger partial charge in [0.2, 0.25) is 0 Å². The second-order valence-corrected chi connectivity index (χ2v) is 4.32. The van der Waals surface area contributed by atoms with E-state index in [1.54, 1.807) is 13.1 Å². The summed E-state index contributed by atoms with van der Waals surface area (Å²) in [5, 5.41) is 6.03.